The molecule has 104 valence electrons. The Morgan fingerprint density at radius 3 is 1.65 bits per heavy atom. The van der Waals surface area contributed by atoms with Gasteiger partial charge in [0, 0.05) is 6.07 Å². The molecule has 20 heavy (non-hydrogen) atoms. The molecule has 0 aliphatic heterocycles. The Morgan fingerprint density at radius 1 is 0.700 bits per heavy atom. The topological polar surface area (TPSA) is 98.0 Å². The van der Waals surface area contributed by atoms with E-state index < -0.39 is 0 Å². The van der Waals surface area contributed by atoms with Gasteiger partial charge in [0.15, 0.2) is 0 Å². The summed E-state index contributed by atoms with van der Waals surface area (Å²) in [4.78, 5) is 8.36. The summed E-state index contributed by atoms with van der Waals surface area (Å²) in [7, 11) is 0. The number of carboxylic acid groups (broad SMARTS) is 1. The van der Waals surface area contributed by atoms with Gasteiger partial charge in [0.25, 0.3) is 6.47 Å². The highest BCUT2D eigenvalue weighted by Crippen LogP contribution is 2.22. The summed E-state index contributed by atoms with van der Waals surface area (Å²) in [5.41, 5.74) is 1.63. The molecular formula is C15H14O5. The van der Waals surface area contributed by atoms with Crippen LogP contribution < -0.4 is 0 Å². The van der Waals surface area contributed by atoms with Crippen LogP contribution in [0.4, 0.5) is 0 Å². The lowest BCUT2D eigenvalue weighted by atomic mass is 10.1. The van der Waals surface area contributed by atoms with Crippen molar-refractivity contribution < 1.29 is 25.2 Å². The summed E-state index contributed by atoms with van der Waals surface area (Å²) < 4.78 is 0. The minimum absolute atomic E-state index is 0.0235. The second-order valence-electron chi connectivity index (χ2n) is 3.81. The lowest BCUT2D eigenvalue weighted by molar-refractivity contribution is -0.122. The third-order valence-electron chi connectivity index (χ3n) is 2.29. The van der Waals surface area contributed by atoms with Crippen LogP contribution in [0, 0.1) is 0 Å². The molecule has 5 heteroatoms. The predicted octanol–water partition coefficient (Wildman–Crippen LogP) is 2.67. The first-order valence-electron chi connectivity index (χ1n) is 5.63. The molecular weight excluding hydrogens is 260 g/mol. The fourth-order valence-electron chi connectivity index (χ4n) is 1.49. The van der Waals surface area contributed by atoms with Crippen molar-refractivity contribution in [1.29, 1.82) is 0 Å². The molecule has 0 amide bonds. The number of hydrogen-bond acceptors (Lipinski definition) is 4. The van der Waals surface area contributed by atoms with Gasteiger partial charge in [-0.25, -0.2) is 0 Å². The molecule has 0 fully saturated rings. The Kier molecular flexibility index (Phi) is 5.65. The van der Waals surface area contributed by atoms with E-state index in [0.717, 1.165) is 5.56 Å². The summed E-state index contributed by atoms with van der Waals surface area (Å²) in [6.07, 6.45) is 3.60. The van der Waals surface area contributed by atoms with E-state index in [4.69, 9.17) is 15.0 Å². The van der Waals surface area contributed by atoms with Gasteiger partial charge >= 0.3 is 0 Å². The van der Waals surface area contributed by atoms with E-state index in [9.17, 15) is 10.2 Å². The van der Waals surface area contributed by atoms with Crippen LogP contribution in [-0.4, -0.2) is 26.9 Å². The molecule has 5 nitrogen and oxygen atoms in total. The zero-order valence-electron chi connectivity index (χ0n) is 10.5. The number of hydrogen-bond donors (Lipinski definition) is 4. The van der Waals surface area contributed by atoms with Crippen molar-refractivity contribution in [2.75, 3.05) is 0 Å². The SMILES string of the molecule is O=CO.Oc1ccc(C=Cc2cc(O)cc(O)c2)cc1. The van der Waals surface area contributed by atoms with Gasteiger partial charge in [-0.1, -0.05) is 24.3 Å². The van der Waals surface area contributed by atoms with Gasteiger partial charge < -0.3 is 20.4 Å². The first-order chi connectivity index (χ1) is 9.55. The molecule has 0 aliphatic carbocycles. The molecule has 0 saturated carbocycles. The number of phenols is 3. The lowest BCUT2D eigenvalue weighted by Crippen LogP contribution is -1.74. The molecule has 2 rings (SSSR count). The van der Waals surface area contributed by atoms with Gasteiger partial charge in [0.1, 0.15) is 17.2 Å². The average Bonchev–Trinajstić information content (AvgIpc) is 2.38. The number of rotatable bonds is 2. The van der Waals surface area contributed by atoms with E-state index in [1.165, 1.54) is 6.07 Å². The number of phenolic OH excluding ortho intramolecular Hbond substituents is 3. The Balaban J connectivity index is 0.000000612. The van der Waals surface area contributed by atoms with E-state index in [1.54, 1.807) is 42.5 Å². The molecule has 0 heterocycles. The van der Waals surface area contributed by atoms with Crippen molar-refractivity contribution in [1.82, 2.24) is 0 Å². The highest BCUT2D eigenvalue weighted by atomic mass is 16.3. The van der Waals surface area contributed by atoms with Crippen LogP contribution in [0.5, 0.6) is 17.2 Å². The molecule has 0 atom stereocenters. The van der Waals surface area contributed by atoms with Gasteiger partial charge in [-0.15, -0.1) is 0 Å². The van der Waals surface area contributed by atoms with E-state index in [2.05, 4.69) is 0 Å². The Labute approximate surface area is 115 Å². The van der Waals surface area contributed by atoms with Crippen LogP contribution in [0.15, 0.2) is 42.5 Å². The number of carbonyl (C=O) groups is 1. The first-order valence-corrected chi connectivity index (χ1v) is 5.63. The van der Waals surface area contributed by atoms with Crippen molar-refractivity contribution in [2.45, 2.75) is 0 Å². The number of aromatic hydroxyl groups is 3. The largest absolute Gasteiger partial charge is 0.508 e. The zero-order chi connectivity index (χ0) is 15.0. The van der Waals surface area contributed by atoms with Crippen LogP contribution in [0.3, 0.4) is 0 Å². The van der Waals surface area contributed by atoms with Crippen molar-refractivity contribution in [3.05, 3.63) is 53.6 Å². The van der Waals surface area contributed by atoms with Gasteiger partial charge in [0.2, 0.25) is 0 Å². The molecule has 0 spiro atoms. The maximum absolute atomic E-state index is 9.30. The summed E-state index contributed by atoms with van der Waals surface area (Å²) in [5.74, 6) is 0.267. The van der Waals surface area contributed by atoms with E-state index in [1.807, 2.05) is 6.08 Å². The molecule has 0 bridgehead atoms. The van der Waals surface area contributed by atoms with Crippen LogP contribution in [0.2, 0.25) is 0 Å². The van der Waals surface area contributed by atoms with E-state index in [0.29, 0.717) is 5.56 Å². The fraction of sp³-hybridized carbons (Fsp3) is 0. The summed E-state index contributed by atoms with van der Waals surface area (Å²) in [5, 5.41) is 34.6. The van der Waals surface area contributed by atoms with Crippen LogP contribution in [0.1, 0.15) is 11.1 Å². The molecule has 0 aliphatic rings. The van der Waals surface area contributed by atoms with Crippen LogP contribution in [-0.2, 0) is 4.79 Å². The molecule has 2 aromatic rings. The van der Waals surface area contributed by atoms with Gasteiger partial charge in [-0.2, -0.15) is 0 Å². The molecule has 2 aromatic carbocycles. The summed E-state index contributed by atoms with van der Waals surface area (Å²) in [6, 6.07) is 11.1. The minimum Gasteiger partial charge on any atom is -0.508 e. The third-order valence-corrected chi connectivity index (χ3v) is 2.29. The van der Waals surface area contributed by atoms with Gasteiger partial charge in [-0.05, 0) is 35.4 Å². The highest BCUT2D eigenvalue weighted by molar-refractivity contribution is 5.71. The predicted molar refractivity (Wildman–Crippen MR) is 75.5 cm³/mol. The normalized spacial score (nSPS) is 9.80. The van der Waals surface area contributed by atoms with Crippen molar-refractivity contribution in [2.24, 2.45) is 0 Å². The van der Waals surface area contributed by atoms with E-state index in [-0.39, 0.29) is 23.7 Å². The maximum atomic E-state index is 9.30. The second-order valence-corrected chi connectivity index (χ2v) is 3.81. The van der Waals surface area contributed by atoms with Gasteiger partial charge in [0.05, 0.1) is 0 Å². The van der Waals surface area contributed by atoms with Gasteiger partial charge in [-0.3, -0.25) is 4.79 Å². The van der Waals surface area contributed by atoms with Crippen molar-refractivity contribution >= 4 is 18.6 Å². The molecule has 0 unspecified atom stereocenters. The van der Waals surface area contributed by atoms with Crippen molar-refractivity contribution in [3.63, 3.8) is 0 Å². The van der Waals surface area contributed by atoms with Crippen LogP contribution in [0.25, 0.3) is 12.2 Å². The Bertz CT molecular complexity index is 567. The highest BCUT2D eigenvalue weighted by Gasteiger charge is 1.95. The monoisotopic (exact) mass is 274 g/mol. The number of benzene rings is 2. The van der Waals surface area contributed by atoms with Crippen LogP contribution >= 0.6 is 0 Å². The second kappa shape index (κ2) is 7.48. The Hall–Kier alpha value is -2.95. The molecule has 0 radical (unpaired) electrons. The minimum atomic E-state index is -0.250. The molecule has 0 saturated heterocycles. The Morgan fingerprint density at radius 2 is 1.15 bits per heavy atom. The summed E-state index contributed by atoms with van der Waals surface area (Å²) in [6.45, 7) is -0.250. The summed E-state index contributed by atoms with van der Waals surface area (Å²) >= 11 is 0. The van der Waals surface area contributed by atoms with E-state index >= 15 is 0 Å². The third kappa shape index (κ3) is 5.14. The lowest BCUT2D eigenvalue weighted by Gasteiger charge is -1.98. The quantitative estimate of drug-likeness (QED) is 0.498. The van der Waals surface area contributed by atoms with Crippen molar-refractivity contribution in [3.8, 4) is 17.2 Å². The average molecular weight is 274 g/mol. The smallest absolute Gasteiger partial charge is 0.290 e. The standard InChI is InChI=1S/C14H12O3.CH2O2/c15-12-5-3-10(4-6-12)1-2-11-7-13(16)9-14(17)8-11;2-1-3/h1-9,15-17H;1H,(H,2,3). The first kappa shape index (κ1) is 15.1. The maximum Gasteiger partial charge on any atom is 0.290 e. The molecule has 4 N–H and O–H groups in total. The zero-order valence-corrected chi connectivity index (χ0v) is 10.5. The molecule has 0 aromatic heterocycles. The fourth-order valence-corrected chi connectivity index (χ4v) is 1.49.